The normalized spacial score (nSPS) is 18.1. The predicted octanol–water partition coefficient (Wildman–Crippen LogP) is 1.75. The van der Waals surface area contributed by atoms with Gasteiger partial charge in [-0.05, 0) is 40.2 Å². The van der Waals surface area contributed by atoms with Crippen LogP contribution in [0.25, 0.3) is 0 Å². The summed E-state index contributed by atoms with van der Waals surface area (Å²) in [5.41, 5.74) is 1.20. The minimum atomic E-state index is -0.419. The van der Waals surface area contributed by atoms with Crippen molar-refractivity contribution in [3.05, 3.63) is 17.8 Å². The zero-order valence-corrected chi connectivity index (χ0v) is 17.4. The topological polar surface area (TPSA) is 68.3 Å². The molecule has 7 nitrogen and oxygen atoms in total. The zero-order valence-electron chi connectivity index (χ0n) is 17.4. The molecule has 0 bridgehead atoms. The van der Waals surface area contributed by atoms with Crippen LogP contribution in [0.15, 0.2) is 12.3 Å². The molecule has 1 saturated heterocycles. The number of rotatable bonds is 11. The molecule has 0 atom stereocenters. The Bertz CT molecular complexity index is 580. The van der Waals surface area contributed by atoms with Crippen molar-refractivity contribution >= 4 is 12.6 Å². The van der Waals surface area contributed by atoms with Gasteiger partial charge in [-0.1, -0.05) is 0 Å². The van der Waals surface area contributed by atoms with Gasteiger partial charge in [-0.15, -0.1) is 0 Å². The first kappa shape index (κ1) is 22.1. The Labute approximate surface area is 162 Å². The van der Waals surface area contributed by atoms with Gasteiger partial charge < -0.3 is 28.3 Å². The van der Waals surface area contributed by atoms with Crippen molar-refractivity contribution in [1.82, 2.24) is 4.98 Å². The Balaban J connectivity index is 1.74. The van der Waals surface area contributed by atoms with Crippen molar-refractivity contribution in [2.75, 3.05) is 46.8 Å². The first-order valence-electron chi connectivity index (χ1n) is 9.36. The van der Waals surface area contributed by atoms with Crippen molar-refractivity contribution in [3.63, 3.8) is 0 Å². The molecule has 8 heteroatoms. The van der Waals surface area contributed by atoms with Crippen LogP contribution in [0.4, 0.5) is 0 Å². The Kier molecular flexibility index (Phi) is 8.06. The van der Waals surface area contributed by atoms with Crippen LogP contribution in [0, 0.1) is 6.92 Å². The van der Waals surface area contributed by atoms with Gasteiger partial charge in [0.05, 0.1) is 44.2 Å². The van der Waals surface area contributed by atoms with E-state index in [1.807, 2.05) is 40.7 Å². The van der Waals surface area contributed by atoms with Crippen LogP contribution in [0.2, 0.25) is 0 Å². The lowest BCUT2D eigenvalue weighted by atomic mass is 9.77. The SMILES string of the molecule is COCCOCCOCCOc1cc(C)c(B2OC(C)(C)C(C)(C)O2)cn1. The summed E-state index contributed by atoms with van der Waals surface area (Å²) < 4.78 is 33.5. The molecule has 1 aliphatic rings. The lowest BCUT2D eigenvalue weighted by Gasteiger charge is -2.32. The smallest absolute Gasteiger partial charge is 0.475 e. The van der Waals surface area contributed by atoms with Crippen LogP contribution in [-0.2, 0) is 23.5 Å². The van der Waals surface area contributed by atoms with Gasteiger partial charge in [-0.3, -0.25) is 0 Å². The van der Waals surface area contributed by atoms with Gasteiger partial charge in [0.15, 0.2) is 0 Å². The van der Waals surface area contributed by atoms with E-state index in [-0.39, 0.29) is 11.2 Å². The molecule has 2 heterocycles. The van der Waals surface area contributed by atoms with E-state index in [4.69, 9.17) is 28.3 Å². The van der Waals surface area contributed by atoms with Crippen molar-refractivity contribution in [1.29, 1.82) is 0 Å². The van der Waals surface area contributed by atoms with Gasteiger partial charge in [0.2, 0.25) is 5.88 Å². The van der Waals surface area contributed by atoms with E-state index in [2.05, 4.69) is 4.98 Å². The molecule has 1 aliphatic heterocycles. The summed E-state index contributed by atoms with van der Waals surface area (Å²) in [5, 5.41) is 0. The number of aryl methyl sites for hydroxylation is 1. The predicted molar refractivity (Wildman–Crippen MR) is 104 cm³/mol. The average Bonchev–Trinajstić information content (AvgIpc) is 2.81. The minimum Gasteiger partial charge on any atom is -0.475 e. The van der Waals surface area contributed by atoms with Crippen LogP contribution in [-0.4, -0.2) is 70.1 Å². The maximum absolute atomic E-state index is 6.09. The maximum atomic E-state index is 6.09. The molecular formula is C19H32BNO6. The average molecular weight is 381 g/mol. The second-order valence-corrected chi connectivity index (χ2v) is 7.53. The summed E-state index contributed by atoms with van der Waals surface area (Å²) in [7, 11) is 1.23. The number of aromatic nitrogens is 1. The Morgan fingerprint density at radius 1 is 0.926 bits per heavy atom. The number of hydrogen-bond donors (Lipinski definition) is 0. The highest BCUT2D eigenvalue weighted by atomic mass is 16.7. The van der Waals surface area contributed by atoms with Gasteiger partial charge in [0, 0.05) is 24.8 Å². The Morgan fingerprint density at radius 2 is 1.48 bits per heavy atom. The van der Waals surface area contributed by atoms with Gasteiger partial charge >= 0.3 is 7.12 Å². The highest BCUT2D eigenvalue weighted by Gasteiger charge is 2.52. The summed E-state index contributed by atoms with van der Waals surface area (Å²) in [6.45, 7) is 13.3. The first-order valence-corrected chi connectivity index (χ1v) is 9.36. The number of methoxy groups -OCH3 is 1. The molecule has 0 amide bonds. The third kappa shape index (κ3) is 6.15. The fraction of sp³-hybridized carbons (Fsp3) is 0.737. The maximum Gasteiger partial charge on any atom is 0.496 e. The molecule has 0 aromatic carbocycles. The summed E-state index contributed by atoms with van der Waals surface area (Å²) in [4.78, 5) is 4.37. The lowest BCUT2D eigenvalue weighted by Crippen LogP contribution is -2.41. The number of hydrogen-bond acceptors (Lipinski definition) is 7. The van der Waals surface area contributed by atoms with E-state index < -0.39 is 7.12 Å². The quantitative estimate of drug-likeness (QED) is 0.427. The molecule has 1 aromatic heterocycles. The summed E-state index contributed by atoms with van der Waals surface area (Å²) in [6.07, 6.45) is 1.76. The molecular weight excluding hydrogens is 349 g/mol. The number of pyridine rings is 1. The molecule has 0 aliphatic carbocycles. The molecule has 1 fully saturated rings. The molecule has 27 heavy (non-hydrogen) atoms. The fourth-order valence-corrected chi connectivity index (χ4v) is 2.51. The van der Waals surface area contributed by atoms with Crippen molar-refractivity contribution < 1.29 is 28.3 Å². The van der Waals surface area contributed by atoms with Crippen molar-refractivity contribution in [2.24, 2.45) is 0 Å². The summed E-state index contributed by atoms with van der Waals surface area (Å²) in [5.74, 6) is 0.563. The van der Waals surface area contributed by atoms with Crippen LogP contribution < -0.4 is 10.2 Å². The van der Waals surface area contributed by atoms with E-state index in [0.29, 0.717) is 45.5 Å². The lowest BCUT2D eigenvalue weighted by molar-refractivity contribution is 0.00578. The van der Waals surface area contributed by atoms with Crippen molar-refractivity contribution in [3.8, 4) is 5.88 Å². The largest absolute Gasteiger partial charge is 0.496 e. The highest BCUT2D eigenvalue weighted by Crippen LogP contribution is 2.36. The molecule has 1 aromatic rings. The van der Waals surface area contributed by atoms with E-state index in [1.54, 1.807) is 13.3 Å². The van der Waals surface area contributed by atoms with Crippen LogP contribution >= 0.6 is 0 Å². The van der Waals surface area contributed by atoms with Gasteiger partial charge in [-0.2, -0.15) is 0 Å². The van der Waals surface area contributed by atoms with Gasteiger partial charge in [-0.25, -0.2) is 4.98 Å². The second kappa shape index (κ2) is 9.84. The second-order valence-electron chi connectivity index (χ2n) is 7.53. The Hall–Kier alpha value is -1.19. The van der Waals surface area contributed by atoms with Gasteiger partial charge in [0.1, 0.15) is 6.61 Å². The number of nitrogens with zero attached hydrogens (tertiary/aromatic N) is 1. The molecule has 0 unspecified atom stereocenters. The standard InChI is InChI=1S/C19H32BNO6/c1-15-13-17(25-12-11-24-10-9-23-8-7-22-6)21-14-16(15)20-26-18(2,3)19(4,5)27-20/h13-14H,7-12H2,1-6H3. The van der Waals surface area contributed by atoms with E-state index in [9.17, 15) is 0 Å². The third-order valence-electron chi connectivity index (χ3n) is 4.91. The monoisotopic (exact) mass is 381 g/mol. The third-order valence-corrected chi connectivity index (χ3v) is 4.91. The van der Waals surface area contributed by atoms with E-state index >= 15 is 0 Å². The van der Waals surface area contributed by atoms with E-state index in [1.165, 1.54) is 0 Å². The highest BCUT2D eigenvalue weighted by molar-refractivity contribution is 6.62. The van der Waals surface area contributed by atoms with Gasteiger partial charge in [0.25, 0.3) is 0 Å². The number of ether oxygens (including phenoxy) is 4. The van der Waals surface area contributed by atoms with E-state index in [0.717, 1.165) is 11.0 Å². The van der Waals surface area contributed by atoms with Crippen LogP contribution in [0.1, 0.15) is 33.3 Å². The molecule has 0 N–H and O–H groups in total. The van der Waals surface area contributed by atoms with Crippen LogP contribution in [0.3, 0.4) is 0 Å². The first-order chi connectivity index (χ1) is 12.8. The van der Waals surface area contributed by atoms with Crippen LogP contribution in [0.5, 0.6) is 5.88 Å². The molecule has 0 saturated carbocycles. The summed E-state index contributed by atoms with van der Waals surface area (Å²) >= 11 is 0. The fourth-order valence-electron chi connectivity index (χ4n) is 2.51. The summed E-state index contributed by atoms with van der Waals surface area (Å²) in [6, 6.07) is 1.90. The van der Waals surface area contributed by atoms with Crippen molar-refractivity contribution in [2.45, 2.75) is 45.8 Å². The zero-order chi connectivity index (χ0) is 19.9. The molecule has 2 rings (SSSR count). The molecule has 152 valence electrons. The minimum absolute atomic E-state index is 0.371. The Morgan fingerprint density at radius 3 is 2.04 bits per heavy atom. The molecule has 0 radical (unpaired) electrons. The molecule has 0 spiro atoms.